The van der Waals surface area contributed by atoms with Gasteiger partial charge in [0.1, 0.15) is 6.10 Å². The molecule has 1 N–H and O–H groups in total. The highest BCUT2D eigenvalue weighted by atomic mass is 16.5. The number of carbonyl (C=O) groups excluding carboxylic acids is 2. The fourth-order valence-corrected chi connectivity index (χ4v) is 3.16. The Kier molecular flexibility index (Phi) is 19.2. The van der Waals surface area contributed by atoms with Crippen LogP contribution in [0.5, 0.6) is 0 Å². The van der Waals surface area contributed by atoms with E-state index in [1.54, 1.807) is 0 Å². The van der Waals surface area contributed by atoms with Gasteiger partial charge in [-0.15, -0.1) is 0 Å². The largest absolute Gasteiger partial charge is 0.481 e. The zero-order valence-electron chi connectivity index (χ0n) is 19.0. The molecule has 6 nitrogen and oxygen atoms in total. The first-order chi connectivity index (χ1) is 14.5. The lowest BCUT2D eigenvalue weighted by atomic mass is 10.1. The Bertz CT molecular complexity index is 486. The molecule has 0 saturated heterocycles. The van der Waals surface area contributed by atoms with E-state index in [0.29, 0.717) is 6.61 Å². The third-order valence-electron chi connectivity index (χ3n) is 4.85. The summed E-state index contributed by atoms with van der Waals surface area (Å²) >= 11 is 0. The van der Waals surface area contributed by atoms with Crippen molar-refractivity contribution in [1.82, 2.24) is 0 Å². The third-order valence-corrected chi connectivity index (χ3v) is 4.85. The maximum atomic E-state index is 11.3. The molecule has 0 aromatic carbocycles. The molecule has 0 aromatic rings. The molecule has 0 aliphatic carbocycles. The third kappa shape index (κ3) is 20.9. The van der Waals surface area contributed by atoms with Crippen LogP contribution in [0.1, 0.15) is 110 Å². The lowest BCUT2D eigenvalue weighted by molar-refractivity contribution is -0.147. The smallest absolute Gasteiger partial charge is 0.306 e. The molecule has 0 saturated carbocycles. The molecule has 0 radical (unpaired) electrons. The van der Waals surface area contributed by atoms with Gasteiger partial charge in [-0.25, -0.2) is 0 Å². The number of hydrogen-bond acceptors (Lipinski definition) is 5. The molecule has 0 unspecified atom stereocenters. The molecule has 1 atom stereocenters. The van der Waals surface area contributed by atoms with Gasteiger partial charge in [-0.2, -0.15) is 0 Å². The normalized spacial score (nSPS) is 12.1. The second kappa shape index (κ2) is 20.4. The minimum atomic E-state index is -0.978. The van der Waals surface area contributed by atoms with E-state index < -0.39 is 11.9 Å². The summed E-state index contributed by atoms with van der Waals surface area (Å²) < 4.78 is 10.4. The van der Waals surface area contributed by atoms with Crippen molar-refractivity contribution in [3.8, 4) is 0 Å². The van der Waals surface area contributed by atoms with Crippen LogP contribution in [0.3, 0.4) is 0 Å². The fourth-order valence-electron chi connectivity index (χ4n) is 3.16. The molecule has 0 aliphatic rings. The molecular formula is C24H42O6. The van der Waals surface area contributed by atoms with E-state index in [9.17, 15) is 14.4 Å². The number of rotatable bonds is 20. The van der Waals surface area contributed by atoms with Gasteiger partial charge in [0.05, 0.1) is 19.4 Å². The Morgan fingerprint density at radius 3 is 2.20 bits per heavy atom. The SMILES string of the molecule is CCCCCC[C@H](C/C=C\CCCCCCCCOC(=O)CCC(=O)O)OC(C)=O. The molecule has 0 aliphatic heterocycles. The highest BCUT2D eigenvalue weighted by Crippen LogP contribution is 2.13. The molecule has 0 aromatic heterocycles. The van der Waals surface area contributed by atoms with Crippen LogP contribution in [0, 0.1) is 0 Å². The topological polar surface area (TPSA) is 89.9 Å². The number of esters is 2. The Morgan fingerprint density at radius 1 is 0.867 bits per heavy atom. The Balaban J connectivity index is 3.60. The molecule has 174 valence electrons. The van der Waals surface area contributed by atoms with E-state index >= 15 is 0 Å². The lowest BCUT2D eigenvalue weighted by Crippen LogP contribution is -2.15. The van der Waals surface area contributed by atoms with Gasteiger partial charge in [-0.05, 0) is 32.1 Å². The maximum absolute atomic E-state index is 11.3. The standard InChI is InChI=1S/C24H42O6/c1-3-4-5-13-16-22(30-21(2)25)17-14-11-9-7-6-8-10-12-15-20-29-24(28)19-18-23(26)27/h11,14,22H,3-10,12-13,15-20H2,1-2H3,(H,26,27)/b14-11-/t22-/m1/s1. The zero-order valence-corrected chi connectivity index (χ0v) is 19.0. The summed E-state index contributed by atoms with van der Waals surface area (Å²) in [6, 6.07) is 0. The summed E-state index contributed by atoms with van der Waals surface area (Å²) in [5, 5.41) is 8.50. The first-order valence-corrected chi connectivity index (χ1v) is 11.6. The summed E-state index contributed by atoms with van der Waals surface area (Å²) in [6.45, 7) is 4.05. The van der Waals surface area contributed by atoms with Crippen molar-refractivity contribution in [2.75, 3.05) is 6.61 Å². The Morgan fingerprint density at radius 2 is 1.53 bits per heavy atom. The number of hydrogen-bond donors (Lipinski definition) is 1. The number of aliphatic carboxylic acids is 1. The first kappa shape index (κ1) is 28.1. The van der Waals surface area contributed by atoms with Crippen molar-refractivity contribution < 1.29 is 29.0 Å². The van der Waals surface area contributed by atoms with Crippen molar-refractivity contribution in [1.29, 1.82) is 0 Å². The van der Waals surface area contributed by atoms with Crippen molar-refractivity contribution in [2.24, 2.45) is 0 Å². The van der Waals surface area contributed by atoms with Crippen LogP contribution in [-0.2, 0) is 23.9 Å². The van der Waals surface area contributed by atoms with Crippen LogP contribution in [0.25, 0.3) is 0 Å². The molecular weight excluding hydrogens is 384 g/mol. The van der Waals surface area contributed by atoms with Gasteiger partial charge < -0.3 is 14.6 Å². The molecule has 0 heterocycles. The van der Waals surface area contributed by atoms with Gasteiger partial charge in [-0.1, -0.05) is 64.0 Å². The first-order valence-electron chi connectivity index (χ1n) is 11.6. The monoisotopic (exact) mass is 426 g/mol. The van der Waals surface area contributed by atoms with Crippen molar-refractivity contribution >= 4 is 17.9 Å². The van der Waals surface area contributed by atoms with E-state index in [-0.39, 0.29) is 24.9 Å². The van der Waals surface area contributed by atoms with Gasteiger partial charge in [-0.3, -0.25) is 14.4 Å². The summed E-state index contributed by atoms with van der Waals surface area (Å²) in [4.78, 5) is 32.9. The van der Waals surface area contributed by atoms with Gasteiger partial charge in [0, 0.05) is 13.3 Å². The molecule has 0 fully saturated rings. The van der Waals surface area contributed by atoms with Gasteiger partial charge in [0.2, 0.25) is 0 Å². The van der Waals surface area contributed by atoms with Crippen LogP contribution >= 0.6 is 0 Å². The van der Waals surface area contributed by atoms with Crippen LogP contribution in [0.4, 0.5) is 0 Å². The predicted molar refractivity (Wildman–Crippen MR) is 118 cm³/mol. The van der Waals surface area contributed by atoms with E-state index in [2.05, 4.69) is 19.1 Å². The van der Waals surface area contributed by atoms with Crippen LogP contribution in [0.2, 0.25) is 0 Å². The average Bonchev–Trinajstić information content (AvgIpc) is 2.69. The minimum absolute atomic E-state index is 0.00818. The van der Waals surface area contributed by atoms with E-state index in [4.69, 9.17) is 14.6 Å². The second-order valence-electron chi connectivity index (χ2n) is 7.81. The summed E-state index contributed by atoms with van der Waals surface area (Å²) in [6.07, 6.45) is 18.1. The lowest BCUT2D eigenvalue weighted by Gasteiger charge is -2.15. The molecule has 6 heteroatoms. The maximum Gasteiger partial charge on any atom is 0.306 e. The number of unbranched alkanes of at least 4 members (excludes halogenated alkanes) is 9. The summed E-state index contributed by atoms with van der Waals surface area (Å²) in [5.74, 6) is -1.60. The fraction of sp³-hybridized carbons (Fsp3) is 0.792. The Labute approximate surface area is 182 Å². The van der Waals surface area contributed by atoms with Crippen molar-refractivity contribution in [2.45, 2.75) is 116 Å². The van der Waals surface area contributed by atoms with Crippen molar-refractivity contribution in [3.05, 3.63) is 12.2 Å². The zero-order chi connectivity index (χ0) is 22.5. The van der Waals surface area contributed by atoms with E-state index in [1.165, 1.54) is 32.6 Å². The number of ether oxygens (including phenoxy) is 2. The van der Waals surface area contributed by atoms with Crippen molar-refractivity contribution in [3.63, 3.8) is 0 Å². The Hall–Kier alpha value is -1.85. The van der Waals surface area contributed by atoms with Crippen LogP contribution < -0.4 is 0 Å². The molecule has 30 heavy (non-hydrogen) atoms. The number of allylic oxidation sites excluding steroid dienone is 1. The molecule has 0 rings (SSSR count). The van der Waals surface area contributed by atoms with Gasteiger partial charge in [0.25, 0.3) is 0 Å². The number of carbonyl (C=O) groups is 3. The van der Waals surface area contributed by atoms with E-state index in [0.717, 1.165) is 57.8 Å². The summed E-state index contributed by atoms with van der Waals surface area (Å²) in [7, 11) is 0. The highest BCUT2D eigenvalue weighted by Gasteiger charge is 2.09. The van der Waals surface area contributed by atoms with Gasteiger partial charge in [0.15, 0.2) is 0 Å². The van der Waals surface area contributed by atoms with Crippen LogP contribution in [-0.4, -0.2) is 35.7 Å². The molecule has 0 bridgehead atoms. The van der Waals surface area contributed by atoms with Gasteiger partial charge >= 0.3 is 17.9 Å². The van der Waals surface area contributed by atoms with E-state index in [1.807, 2.05) is 0 Å². The highest BCUT2D eigenvalue weighted by molar-refractivity contribution is 5.76. The number of carboxylic acid groups (broad SMARTS) is 1. The second-order valence-corrected chi connectivity index (χ2v) is 7.81. The molecule has 0 spiro atoms. The average molecular weight is 427 g/mol. The minimum Gasteiger partial charge on any atom is -0.481 e. The predicted octanol–water partition coefficient (Wildman–Crippen LogP) is 5.97. The summed E-state index contributed by atoms with van der Waals surface area (Å²) in [5.41, 5.74) is 0. The quantitative estimate of drug-likeness (QED) is 0.146. The molecule has 0 amide bonds. The number of carboxylic acids is 1. The van der Waals surface area contributed by atoms with Crippen LogP contribution in [0.15, 0.2) is 12.2 Å².